The highest BCUT2D eigenvalue weighted by atomic mass is 31.3. The summed E-state index contributed by atoms with van der Waals surface area (Å²) in [5, 5.41) is 28.3. The summed E-state index contributed by atoms with van der Waals surface area (Å²) in [4.78, 5) is 34.7. The number of phosphoric acid groups is 2. The van der Waals surface area contributed by atoms with Crippen LogP contribution in [-0.2, 0) is 22.7 Å². The van der Waals surface area contributed by atoms with E-state index >= 15 is 0 Å². The van der Waals surface area contributed by atoms with Crippen LogP contribution in [0.15, 0.2) is 18.7 Å². The number of fused-ring (bicyclic) bond motifs is 3. The molecule has 0 bridgehead atoms. The lowest BCUT2D eigenvalue weighted by atomic mass is 10.1. The molecular weight excluding hydrogens is 438 g/mol. The molecule has 16 nitrogen and oxygen atoms in total. The Morgan fingerprint density at radius 1 is 1.14 bits per heavy atom. The predicted octanol–water partition coefficient (Wildman–Crippen LogP) is -1.68. The number of nitrogens with zero attached hydrogens (tertiary/aromatic N) is 6. The van der Waals surface area contributed by atoms with Crippen molar-refractivity contribution < 1.29 is 47.6 Å². The van der Waals surface area contributed by atoms with Crippen molar-refractivity contribution in [1.29, 1.82) is 0 Å². The molecule has 4 rings (SSSR count). The van der Waals surface area contributed by atoms with Gasteiger partial charge < -0.3 is 29.6 Å². The Morgan fingerprint density at radius 3 is 2.62 bits per heavy atom. The number of hydrogen-bond acceptors (Lipinski definition) is 11. The lowest BCUT2D eigenvalue weighted by Gasteiger charge is -2.17. The number of imidazole rings is 2. The third kappa shape index (κ3) is 3.95. The highest BCUT2D eigenvalue weighted by Crippen LogP contribution is 2.57. The van der Waals surface area contributed by atoms with Crippen LogP contribution in [0.25, 0.3) is 16.8 Å². The number of rotatable bonds is 6. The molecule has 0 amide bonds. The van der Waals surface area contributed by atoms with Gasteiger partial charge in [-0.05, 0) is 0 Å². The van der Waals surface area contributed by atoms with Crippen LogP contribution in [0.1, 0.15) is 6.23 Å². The van der Waals surface area contributed by atoms with E-state index in [1.165, 1.54) is 21.6 Å². The van der Waals surface area contributed by atoms with Gasteiger partial charge in [0.1, 0.15) is 18.3 Å². The molecule has 1 fully saturated rings. The highest BCUT2D eigenvalue weighted by Gasteiger charge is 2.46. The maximum Gasteiger partial charge on any atom is 0.481 e. The van der Waals surface area contributed by atoms with Crippen LogP contribution in [0.4, 0.5) is 0 Å². The molecule has 0 spiro atoms. The van der Waals surface area contributed by atoms with Crippen LogP contribution in [-0.4, -0.2) is 79.2 Å². The third-order valence-corrected chi connectivity index (χ3v) is 6.21. The second kappa shape index (κ2) is 7.14. The fourth-order valence-corrected chi connectivity index (χ4v) is 4.45. The summed E-state index contributed by atoms with van der Waals surface area (Å²) in [6.07, 6.45) is -1.30. The molecule has 0 aliphatic carbocycles. The second-order valence-electron chi connectivity index (χ2n) is 5.99. The van der Waals surface area contributed by atoms with Crippen LogP contribution in [0.2, 0.25) is 0 Å². The van der Waals surface area contributed by atoms with E-state index in [9.17, 15) is 24.2 Å². The van der Waals surface area contributed by atoms with Crippen molar-refractivity contribution in [3.63, 3.8) is 0 Å². The molecule has 4 heterocycles. The molecule has 0 radical (unpaired) electrons. The molecule has 5 atom stereocenters. The molecule has 1 aliphatic rings. The lowest BCUT2D eigenvalue weighted by molar-refractivity contribution is -0.0503. The van der Waals surface area contributed by atoms with E-state index in [-0.39, 0.29) is 5.65 Å². The molecule has 0 aromatic carbocycles. The van der Waals surface area contributed by atoms with Gasteiger partial charge in [0.15, 0.2) is 23.0 Å². The Balaban J connectivity index is 1.54. The molecule has 29 heavy (non-hydrogen) atoms. The Morgan fingerprint density at radius 2 is 1.90 bits per heavy atom. The van der Waals surface area contributed by atoms with Gasteiger partial charge in [-0.1, -0.05) is 5.21 Å². The van der Waals surface area contributed by atoms with Crippen LogP contribution in [0.5, 0.6) is 0 Å². The van der Waals surface area contributed by atoms with Crippen LogP contribution in [0, 0.1) is 0 Å². The zero-order valence-corrected chi connectivity index (χ0v) is 15.9. The maximum absolute atomic E-state index is 11.5. The van der Waals surface area contributed by atoms with Crippen molar-refractivity contribution in [3.05, 3.63) is 18.7 Å². The monoisotopic (exact) mass is 452 g/mol. The van der Waals surface area contributed by atoms with Crippen molar-refractivity contribution in [1.82, 2.24) is 29.4 Å². The summed E-state index contributed by atoms with van der Waals surface area (Å²) in [7, 11) is -10.4. The predicted molar refractivity (Wildman–Crippen MR) is 88.9 cm³/mol. The number of ether oxygens (including phenoxy) is 1. The molecular formula is C11H14N6O10P2. The zero-order chi connectivity index (χ0) is 21.0. The molecule has 3 aromatic rings. The van der Waals surface area contributed by atoms with Crippen LogP contribution >= 0.6 is 15.6 Å². The number of aliphatic hydroxyl groups excluding tert-OH is 2. The Labute approximate surface area is 160 Å². The summed E-state index contributed by atoms with van der Waals surface area (Å²) in [6, 6.07) is 0. The van der Waals surface area contributed by atoms with Crippen molar-refractivity contribution in [2.24, 2.45) is 0 Å². The van der Waals surface area contributed by atoms with E-state index in [1.54, 1.807) is 6.20 Å². The third-order valence-electron chi connectivity index (χ3n) is 4.06. The van der Waals surface area contributed by atoms with E-state index in [4.69, 9.17) is 14.5 Å². The summed E-state index contributed by atoms with van der Waals surface area (Å²) >= 11 is 0. The minimum absolute atomic E-state index is 0.194. The fourth-order valence-electron chi connectivity index (χ4n) is 2.85. The van der Waals surface area contributed by atoms with Crippen molar-refractivity contribution in [2.45, 2.75) is 24.5 Å². The van der Waals surface area contributed by atoms with Crippen molar-refractivity contribution in [3.8, 4) is 0 Å². The lowest BCUT2D eigenvalue weighted by Crippen LogP contribution is -2.33. The first-order chi connectivity index (χ1) is 13.6. The second-order valence-corrected chi connectivity index (χ2v) is 8.82. The SMILES string of the molecule is O=P(O)(O)OP(=O)(O)OC[C@H]1O[C@@H](n2cnc3c2nnn2ccnc32)[C@H](O)[C@@H]1O. The Kier molecular flexibility index (Phi) is 5.03. The van der Waals surface area contributed by atoms with Gasteiger partial charge in [0, 0.05) is 6.20 Å². The van der Waals surface area contributed by atoms with Crippen LogP contribution in [0.3, 0.4) is 0 Å². The number of hydrogen-bond donors (Lipinski definition) is 5. The average molecular weight is 452 g/mol. The smallest absolute Gasteiger partial charge is 0.387 e. The first-order valence-corrected chi connectivity index (χ1v) is 10.9. The van der Waals surface area contributed by atoms with Gasteiger partial charge in [0.05, 0.1) is 19.1 Å². The summed E-state index contributed by atoms with van der Waals surface area (Å²) in [5.74, 6) is 0. The van der Waals surface area contributed by atoms with Gasteiger partial charge in [-0.2, -0.15) is 4.31 Å². The number of phosphoric ester groups is 1. The van der Waals surface area contributed by atoms with E-state index in [1.807, 2.05) is 0 Å². The first kappa shape index (κ1) is 20.4. The molecule has 1 saturated heterocycles. The topological polar surface area (TPSA) is 224 Å². The van der Waals surface area contributed by atoms with E-state index in [0.717, 1.165) is 0 Å². The van der Waals surface area contributed by atoms with Crippen molar-refractivity contribution >= 4 is 32.5 Å². The van der Waals surface area contributed by atoms with Crippen molar-refractivity contribution in [2.75, 3.05) is 6.61 Å². The van der Waals surface area contributed by atoms with E-state index in [2.05, 4.69) is 29.1 Å². The van der Waals surface area contributed by atoms with Gasteiger partial charge in [0.25, 0.3) is 0 Å². The van der Waals surface area contributed by atoms with Gasteiger partial charge in [-0.3, -0.25) is 9.09 Å². The minimum Gasteiger partial charge on any atom is -0.387 e. The molecule has 3 aromatic heterocycles. The fraction of sp³-hybridized carbons (Fsp3) is 0.455. The van der Waals surface area contributed by atoms with Gasteiger partial charge in [-0.25, -0.2) is 23.6 Å². The van der Waals surface area contributed by atoms with Gasteiger partial charge in [0.2, 0.25) is 0 Å². The Bertz CT molecular complexity index is 1140. The highest BCUT2D eigenvalue weighted by molar-refractivity contribution is 7.60. The Hall–Kier alpha value is -1.84. The van der Waals surface area contributed by atoms with Gasteiger partial charge >= 0.3 is 15.6 Å². The molecule has 158 valence electrons. The summed E-state index contributed by atoms with van der Waals surface area (Å²) in [5.41, 5.74) is 0.946. The normalized spacial score (nSPS) is 27.6. The standard InChI is InChI=1S/C11H14N6O10P2/c18-7-5(3-25-29(23,24)27-28(20,21)22)26-11(8(7)19)16-4-13-6-9-12-1-2-17(9)15-14-10(6)16/h1-2,4-5,7-8,11,18-19H,3H2,(H,23,24)(H2,20,21,22)/t5-,7-,8-,11-/m1/s1. The molecule has 5 N–H and O–H groups in total. The first-order valence-electron chi connectivity index (χ1n) is 7.84. The van der Waals surface area contributed by atoms with E-state index < -0.39 is 46.8 Å². The van der Waals surface area contributed by atoms with Gasteiger partial charge in [-0.15, -0.1) is 5.10 Å². The van der Waals surface area contributed by atoms with Crippen LogP contribution < -0.4 is 0 Å². The quantitative estimate of drug-likeness (QED) is 0.264. The summed E-state index contributed by atoms with van der Waals surface area (Å²) < 4.78 is 38.5. The molecule has 18 heteroatoms. The number of aliphatic hydroxyl groups is 2. The van der Waals surface area contributed by atoms with E-state index in [0.29, 0.717) is 11.2 Å². The molecule has 1 aliphatic heterocycles. The zero-order valence-electron chi connectivity index (χ0n) is 14.1. The largest absolute Gasteiger partial charge is 0.481 e. The molecule has 1 unspecified atom stereocenters. The molecule has 0 saturated carbocycles. The maximum atomic E-state index is 11.5. The number of aromatic nitrogens is 6. The average Bonchev–Trinajstić information content (AvgIpc) is 3.29. The minimum atomic E-state index is -5.30. The summed E-state index contributed by atoms with van der Waals surface area (Å²) in [6.45, 7) is -0.814.